The summed E-state index contributed by atoms with van der Waals surface area (Å²) >= 11 is 0. The highest BCUT2D eigenvalue weighted by atomic mass is 16.5. The van der Waals surface area contributed by atoms with Gasteiger partial charge in [-0.05, 0) is 49.1 Å². The van der Waals surface area contributed by atoms with Crippen molar-refractivity contribution in [3.8, 4) is 5.75 Å². The number of ether oxygens (including phenoxy) is 1. The van der Waals surface area contributed by atoms with Crippen molar-refractivity contribution in [3.05, 3.63) is 54.0 Å². The number of nitrogens with zero attached hydrogens (tertiary/aromatic N) is 2. The smallest absolute Gasteiger partial charge is 0.250 e. The second-order valence-electron chi connectivity index (χ2n) is 8.53. The van der Waals surface area contributed by atoms with Crippen molar-refractivity contribution >= 4 is 11.8 Å². The molecule has 1 saturated carbocycles. The highest BCUT2D eigenvalue weighted by Gasteiger charge is 2.43. The Hall–Kier alpha value is -2.76. The van der Waals surface area contributed by atoms with Gasteiger partial charge in [0.15, 0.2) is 0 Å². The van der Waals surface area contributed by atoms with E-state index in [1.165, 1.54) is 6.42 Å². The van der Waals surface area contributed by atoms with E-state index >= 15 is 0 Å². The normalized spacial score (nSPS) is 20.4. The lowest BCUT2D eigenvalue weighted by atomic mass is 9.91. The predicted molar refractivity (Wildman–Crippen MR) is 117 cm³/mol. The second-order valence-corrected chi connectivity index (χ2v) is 8.53. The Bertz CT molecular complexity index is 856. The first-order valence-corrected chi connectivity index (χ1v) is 11.5. The number of piperazine rings is 1. The molecule has 6 nitrogen and oxygen atoms in total. The summed E-state index contributed by atoms with van der Waals surface area (Å²) in [4.78, 5) is 30.4. The van der Waals surface area contributed by atoms with Crippen LogP contribution in [0.15, 0.2) is 47.1 Å². The Morgan fingerprint density at radius 2 is 1.84 bits per heavy atom. The van der Waals surface area contributed by atoms with E-state index in [2.05, 4.69) is 6.92 Å². The first-order valence-electron chi connectivity index (χ1n) is 11.5. The van der Waals surface area contributed by atoms with Gasteiger partial charge in [-0.15, -0.1) is 0 Å². The number of furan rings is 1. The molecule has 0 spiro atoms. The van der Waals surface area contributed by atoms with E-state index in [9.17, 15) is 9.59 Å². The lowest BCUT2D eigenvalue weighted by molar-refractivity contribution is -0.160. The molecule has 31 heavy (non-hydrogen) atoms. The van der Waals surface area contributed by atoms with Crippen LogP contribution in [0, 0.1) is 0 Å². The van der Waals surface area contributed by atoms with Gasteiger partial charge in [-0.2, -0.15) is 0 Å². The van der Waals surface area contributed by atoms with E-state index in [0.717, 1.165) is 49.8 Å². The van der Waals surface area contributed by atoms with Crippen LogP contribution in [0.2, 0.25) is 0 Å². The number of hydrogen-bond acceptors (Lipinski definition) is 4. The largest absolute Gasteiger partial charge is 0.494 e. The van der Waals surface area contributed by atoms with Gasteiger partial charge in [0.2, 0.25) is 5.91 Å². The Balaban J connectivity index is 1.59. The van der Waals surface area contributed by atoms with Crippen molar-refractivity contribution in [1.29, 1.82) is 0 Å². The topological polar surface area (TPSA) is 63.0 Å². The molecule has 1 atom stereocenters. The summed E-state index contributed by atoms with van der Waals surface area (Å²) < 4.78 is 11.3. The average Bonchev–Trinajstić information content (AvgIpc) is 3.31. The number of amides is 2. The van der Waals surface area contributed by atoms with Crippen molar-refractivity contribution in [2.75, 3.05) is 13.2 Å². The van der Waals surface area contributed by atoms with E-state index in [1.807, 2.05) is 35.2 Å². The minimum Gasteiger partial charge on any atom is -0.494 e. The van der Waals surface area contributed by atoms with Gasteiger partial charge >= 0.3 is 0 Å². The minimum absolute atomic E-state index is 0.0118. The molecule has 1 saturated heterocycles. The lowest BCUT2D eigenvalue weighted by Gasteiger charge is -2.44. The highest BCUT2D eigenvalue weighted by molar-refractivity contribution is 5.95. The molecule has 1 aromatic heterocycles. The number of rotatable bonds is 8. The Morgan fingerprint density at radius 3 is 2.52 bits per heavy atom. The maximum atomic E-state index is 13.7. The van der Waals surface area contributed by atoms with Crippen molar-refractivity contribution in [2.45, 2.75) is 70.5 Å². The van der Waals surface area contributed by atoms with E-state index in [1.54, 1.807) is 17.2 Å². The number of carbonyl (C=O) groups is 2. The van der Waals surface area contributed by atoms with Crippen LogP contribution in [0.1, 0.15) is 69.2 Å². The zero-order chi connectivity index (χ0) is 21.6. The number of hydrogen-bond donors (Lipinski definition) is 0. The number of benzene rings is 1. The van der Waals surface area contributed by atoms with Gasteiger partial charge in [0, 0.05) is 6.04 Å². The molecule has 1 aliphatic heterocycles. The predicted octanol–water partition coefficient (Wildman–Crippen LogP) is 4.70. The van der Waals surface area contributed by atoms with E-state index in [0.29, 0.717) is 12.4 Å². The van der Waals surface area contributed by atoms with Gasteiger partial charge in [0.05, 0.1) is 19.4 Å². The first kappa shape index (κ1) is 21.5. The molecular formula is C25H32N2O4. The summed E-state index contributed by atoms with van der Waals surface area (Å²) in [6, 6.07) is 10.8. The first-order chi connectivity index (χ1) is 15.2. The lowest BCUT2D eigenvalue weighted by Crippen LogP contribution is -2.58. The van der Waals surface area contributed by atoms with Crippen molar-refractivity contribution in [1.82, 2.24) is 9.80 Å². The molecule has 2 fully saturated rings. The molecule has 6 heteroatoms. The van der Waals surface area contributed by atoms with Crippen LogP contribution in [0.25, 0.3) is 0 Å². The molecule has 2 heterocycles. The summed E-state index contributed by atoms with van der Waals surface area (Å²) in [5.41, 5.74) is 0.813. The fraction of sp³-hybridized carbons (Fsp3) is 0.520. The van der Waals surface area contributed by atoms with Crippen molar-refractivity contribution < 1.29 is 18.7 Å². The van der Waals surface area contributed by atoms with Crippen LogP contribution in [-0.2, 0) is 16.1 Å². The fourth-order valence-corrected chi connectivity index (χ4v) is 4.60. The minimum atomic E-state index is -0.641. The maximum absolute atomic E-state index is 13.7. The summed E-state index contributed by atoms with van der Waals surface area (Å²) in [6.07, 6.45) is 9.08. The van der Waals surface area contributed by atoms with E-state index in [-0.39, 0.29) is 30.9 Å². The van der Waals surface area contributed by atoms with E-state index in [4.69, 9.17) is 9.15 Å². The fourth-order valence-electron chi connectivity index (χ4n) is 4.60. The van der Waals surface area contributed by atoms with Gasteiger partial charge in [-0.1, -0.05) is 44.7 Å². The molecule has 1 unspecified atom stereocenters. The standard InChI is InChI=1S/C25H32N2O4/c1-2-3-15-30-21-13-11-19(12-14-21)24-25(29)26(20-8-5-4-6-9-20)18-23(28)27(24)17-22-10-7-16-31-22/h7,10-14,16,20,24H,2-6,8-9,15,17-18H2,1H3. The quantitative estimate of drug-likeness (QED) is 0.576. The molecular weight excluding hydrogens is 392 g/mol. The summed E-state index contributed by atoms with van der Waals surface area (Å²) in [7, 11) is 0. The van der Waals surface area contributed by atoms with Gasteiger partial charge in [-0.3, -0.25) is 9.59 Å². The third kappa shape index (κ3) is 4.94. The molecule has 2 aliphatic rings. The van der Waals surface area contributed by atoms with Crippen LogP contribution >= 0.6 is 0 Å². The van der Waals surface area contributed by atoms with Crippen LogP contribution in [0.3, 0.4) is 0 Å². The van der Waals surface area contributed by atoms with Gasteiger partial charge in [0.25, 0.3) is 5.91 Å². The molecule has 1 aliphatic carbocycles. The number of unbranched alkanes of at least 4 members (excludes halogenated alkanes) is 1. The van der Waals surface area contributed by atoms with Crippen LogP contribution in [0.4, 0.5) is 0 Å². The summed E-state index contributed by atoms with van der Waals surface area (Å²) in [5.74, 6) is 1.44. The zero-order valence-electron chi connectivity index (χ0n) is 18.3. The second kappa shape index (κ2) is 10.0. The summed E-state index contributed by atoms with van der Waals surface area (Å²) in [5, 5.41) is 0. The third-order valence-corrected chi connectivity index (χ3v) is 6.34. The van der Waals surface area contributed by atoms with Crippen LogP contribution in [-0.4, -0.2) is 40.8 Å². The molecule has 1 aromatic carbocycles. The Morgan fingerprint density at radius 1 is 1.06 bits per heavy atom. The Labute approximate surface area is 184 Å². The average molecular weight is 425 g/mol. The molecule has 0 bridgehead atoms. The third-order valence-electron chi connectivity index (χ3n) is 6.34. The van der Waals surface area contributed by atoms with Gasteiger partial charge in [-0.25, -0.2) is 0 Å². The molecule has 2 amide bonds. The SMILES string of the molecule is CCCCOc1ccc(C2C(=O)N(C3CCCCC3)CC(=O)N2Cc2ccco2)cc1. The molecule has 0 N–H and O–H groups in total. The van der Waals surface area contributed by atoms with Crippen molar-refractivity contribution in [2.24, 2.45) is 0 Å². The van der Waals surface area contributed by atoms with Crippen LogP contribution < -0.4 is 4.74 Å². The molecule has 166 valence electrons. The summed E-state index contributed by atoms with van der Waals surface area (Å²) in [6.45, 7) is 3.25. The maximum Gasteiger partial charge on any atom is 0.250 e. The monoisotopic (exact) mass is 424 g/mol. The number of carbonyl (C=O) groups excluding carboxylic acids is 2. The molecule has 0 radical (unpaired) electrons. The molecule has 4 rings (SSSR count). The Kier molecular flexibility index (Phi) is 6.95. The van der Waals surface area contributed by atoms with Gasteiger partial charge < -0.3 is 19.0 Å². The zero-order valence-corrected chi connectivity index (χ0v) is 18.3. The van der Waals surface area contributed by atoms with E-state index < -0.39 is 6.04 Å². The highest BCUT2D eigenvalue weighted by Crippen LogP contribution is 2.34. The molecule has 2 aromatic rings. The van der Waals surface area contributed by atoms with Gasteiger partial charge in [0.1, 0.15) is 24.1 Å². The van der Waals surface area contributed by atoms with Crippen molar-refractivity contribution in [3.63, 3.8) is 0 Å². The van der Waals surface area contributed by atoms with Crippen LogP contribution in [0.5, 0.6) is 5.75 Å².